The Hall–Kier alpha value is -1.98. The maximum Gasteiger partial charge on any atom is 0.260 e. The minimum atomic E-state index is 0.0478. The lowest BCUT2D eigenvalue weighted by molar-refractivity contribution is -0.694. The Morgan fingerprint density at radius 3 is 2.96 bits per heavy atom. The molecule has 0 saturated carbocycles. The molecule has 0 radical (unpaired) electrons. The molecule has 0 saturated heterocycles. The number of quaternary nitrogens is 1. The summed E-state index contributed by atoms with van der Waals surface area (Å²) in [6.45, 7) is 5.45. The summed E-state index contributed by atoms with van der Waals surface area (Å²) < 4.78 is 0. The fourth-order valence-corrected chi connectivity index (χ4v) is 5.40. The number of benzene rings is 1. The molecule has 0 fully saturated rings. The van der Waals surface area contributed by atoms with Crippen LogP contribution in [0, 0.1) is 5.92 Å². The molecule has 0 bridgehead atoms. The average molecular weight is 383 g/mol. The van der Waals surface area contributed by atoms with Crippen molar-refractivity contribution in [3.63, 3.8) is 0 Å². The monoisotopic (exact) mass is 382 g/mol. The van der Waals surface area contributed by atoms with Crippen molar-refractivity contribution < 1.29 is 5.32 Å². The van der Waals surface area contributed by atoms with Crippen LogP contribution in [0.2, 0.25) is 0 Å². The van der Waals surface area contributed by atoms with Crippen molar-refractivity contribution in [1.82, 2.24) is 9.97 Å². The molecule has 4 rings (SSSR count). The van der Waals surface area contributed by atoms with Gasteiger partial charge in [0, 0.05) is 11.3 Å². The van der Waals surface area contributed by atoms with Crippen LogP contribution in [0.5, 0.6) is 0 Å². The van der Waals surface area contributed by atoms with E-state index in [0.717, 1.165) is 48.3 Å². The summed E-state index contributed by atoms with van der Waals surface area (Å²) in [5.74, 6) is 1.51. The number of H-pyrrole nitrogens is 1. The van der Waals surface area contributed by atoms with Gasteiger partial charge in [0.1, 0.15) is 10.9 Å². The van der Waals surface area contributed by atoms with Crippen LogP contribution in [-0.4, -0.2) is 16.5 Å². The molecule has 4 nitrogen and oxygen atoms in total. The number of nitrogens with two attached hydrogens (primary N) is 1. The van der Waals surface area contributed by atoms with Gasteiger partial charge in [-0.3, -0.25) is 4.79 Å². The van der Waals surface area contributed by atoms with Crippen LogP contribution in [0.1, 0.15) is 54.6 Å². The molecule has 0 unspecified atom stereocenters. The van der Waals surface area contributed by atoms with Crippen molar-refractivity contribution in [3.8, 4) is 0 Å². The summed E-state index contributed by atoms with van der Waals surface area (Å²) in [5, 5.41) is 3.13. The molecular formula is C22H28N3OS+. The van der Waals surface area contributed by atoms with Crippen LogP contribution in [-0.2, 0) is 19.3 Å². The molecule has 1 aliphatic rings. The predicted molar refractivity (Wildman–Crippen MR) is 111 cm³/mol. The van der Waals surface area contributed by atoms with Gasteiger partial charge in [-0.1, -0.05) is 37.3 Å². The van der Waals surface area contributed by atoms with Gasteiger partial charge in [0.2, 0.25) is 0 Å². The minimum Gasteiger partial charge on any atom is -0.338 e. The molecule has 0 spiro atoms. The molecule has 2 heterocycles. The molecule has 3 N–H and O–H groups in total. The molecule has 1 aromatic carbocycles. The number of nitrogens with one attached hydrogen (secondary N) is 1. The lowest BCUT2D eigenvalue weighted by Crippen LogP contribution is -2.85. The molecule has 1 aliphatic carbocycles. The molecule has 2 atom stereocenters. The highest BCUT2D eigenvalue weighted by Crippen LogP contribution is 2.35. The minimum absolute atomic E-state index is 0.0478. The number of thiophene rings is 1. The van der Waals surface area contributed by atoms with Crippen LogP contribution in [0.15, 0.2) is 35.1 Å². The second kappa shape index (κ2) is 7.95. The lowest BCUT2D eigenvalue weighted by atomic mass is 9.89. The second-order valence-corrected chi connectivity index (χ2v) is 8.97. The summed E-state index contributed by atoms with van der Waals surface area (Å²) in [7, 11) is 0. The van der Waals surface area contributed by atoms with Crippen molar-refractivity contribution >= 4 is 21.6 Å². The van der Waals surface area contributed by atoms with Gasteiger partial charge in [0.05, 0.1) is 11.9 Å². The largest absolute Gasteiger partial charge is 0.338 e. The summed E-state index contributed by atoms with van der Waals surface area (Å²) in [4.78, 5) is 22.9. The molecular weight excluding hydrogens is 354 g/mol. The van der Waals surface area contributed by atoms with Crippen LogP contribution in [0.3, 0.4) is 0 Å². The molecule has 27 heavy (non-hydrogen) atoms. The van der Waals surface area contributed by atoms with Crippen molar-refractivity contribution in [2.75, 3.05) is 6.54 Å². The van der Waals surface area contributed by atoms with E-state index in [4.69, 9.17) is 4.98 Å². The molecule has 0 amide bonds. The van der Waals surface area contributed by atoms with Gasteiger partial charge in [-0.05, 0) is 49.7 Å². The zero-order chi connectivity index (χ0) is 18.8. The van der Waals surface area contributed by atoms with Crippen LogP contribution in [0.4, 0.5) is 0 Å². The van der Waals surface area contributed by atoms with E-state index < -0.39 is 0 Å². The van der Waals surface area contributed by atoms with Gasteiger partial charge >= 0.3 is 0 Å². The Morgan fingerprint density at radius 1 is 1.33 bits per heavy atom. The van der Waals surface area contributed by atoms with Gasteiger partial charge in [-0.25, -0.2) is 4.98 Å². The Balaban J connectivity index is 1.44. The highest BCUT2D eigenvalue weighted by molar-refractivity contribution is 7.18. The van der Waals surface area contributed by atoms with Gasteiger partial charge in [0.15, 0.2) is 5.82 Å². The first-order valence-corrected chi connectivity index (χ1v) is 10.8. The summed E-state index contributed by atoms with van der Waals surface area (Å²) in [6.07, 6.45) is 5.48. The standard InChI is InChI=1S/C22H27N3OS/c1-14-10-11-17-18(13-14)27-22-19(17)21(26)24-20(25-22)15(2)23-12-6-9-16-7-4-3-5-8-16/h3-5,7-8,14-15,23H,6,9-13H2,1-2H3,(H,24,25,26)/p+1/t14-,15+/m0/s1. The van der Waals surface area contributed by atoms with Crippen LogP contribution in [0.25, 0.3) is 10.2 Å². The van der Waals surface area contributed by atoms with Crippen molar-refractivity contribution in [2.24, 2.45) is 5.92 Å². The zero-order valence-corrected chi connectivity index (χ0v) is 16.9. The fourth-order valence-electron chi connectivity index (χ4n) is 4.01. The second-order valence-electron chi connectivity index (χ2n) is 7.89. The van der Waals surface area contributed by atoms with Crippen molar-refractivity contribution in [1.29, 1.82) is 0 Å². The van der Waals surface area contributed by atoms with Gasteiger partial charge in [-0.2, -0.15) is 0 Å². The van der Waals surface area contributed by atoms with E-state index in [0.29, 0.717) is 5.92 Å². The van der Waals surface area contributed by atoms with Crippen molar-refractivity contribution in [2.45, 2.75) is 52.0 Å². The first-order valence-electron chi connectivity index (χ1n) is 10.0. The number of aromatic amines is 1. The van der Waals surface area contributed by atoms with E-state index in [1.807, 2.05) is 0 Å². The third-order valence-electron chi connectivity index (χ3n) is 5.65. The topological polar surface area (TPSA) is 62.4 Å². The molecule has 3 aromatic rings. The van der Waals surface area contributed by atoms with E-state index in [9.17, 15) is 4.79 Å². The Labute approximate surface area is 164 Å². The van der Waals surface area contributed by atoms with Crippen molar-refractivity contribution in [3.05, 3.63) is 62.5 Å². The number of aryl methyl sites for hydroxylation is 2. The molecule has 2 aromatic heterocycles. The number of hydrogen-bond donors (Lipinski definition) is 2. The quantitative estimate of drug-likeness (QED) is 0.642. The average Bonchev–Trinajstić information content (AvgIpc) is 3.03. The zero-order valence-electron chi connectivity index (χ0n) is 16.1. The molecule has 0 aliphatic heterocycles. The van der Waals surface area contributed by atoms with Gasteiger partial charge in [0.25, 0.3) is 5.56 Å². The number of nitrogens with zero attached hydrogens (tertiary/aromatic N) is 1. The Kier molecular flexibility index (Phi) is 5.41. The number of hydrogen-bond acceptors (Lipinski definition) is 3. The van der Waals surface area contributed by atoms with Crippen LogP contribution < -0.4 is 10.9 Å². The third-order valence-corrected chi connectivity index (χ3v) is 6.80. The maximum atomic E-state index is 12.7. The highest BCUT2D eigenvalue weighted by Gasteiger charge is 2.24. The predicted octanol–water partition coefficient (Wildman–Crippen LogP) is 3.37. The van der Waals surface area contributed by atoms with E-state index >= 15 is 0 Å². The van der Waals surface area contributed by atoms with E-state index in [-0.39, 0.29) is 11.6 Å². The first kappa shape index (κ1) is 18.4. The Bertz CT molecular complexity index is 976. The summed E-state index contributed by atoms with van der Waals surface area (Å²) >= 11 is 1.73. The maximum absolute atomic E-state index is 12.7. The van der Waals surface area contributed by atoms with Gasteiger partial charge < -0.3 is 10.3 Å². The molecule has 5 heteroatoms. The fraction of sp³-hybridized carbons (Fsp3) is 0.455. The summed E-state index contributed by atoms with van der Waals surface area (Å²) in [6, 6.07) is 10.8. The van der Waals surface area contributed by atoms with E-state index in [1.165, 1.54) is 22.4 Å². The van der Waals surface area contributed by atoms with Gasteiger partial charge in [-0.15, -0.1) is 11.3 Å². The van der Waals surface area contributed by atoms with Crippen LogP contribution >= 0.6 is 11.3 Å². The highest BCUT2D eigenvalue weighted by atomic mass is 32.1. The molecule has 142 valence electrons. The number of fused-ring (bicyclic) bond motifs is 3. The first-order chi connectivity index (χ1) is 13.1. The SMILES string of the molecule is C[C@H]1CCc2c(sc3nc([C@@H](C)[NH2+]CCCc4ccccc4)[nH]c(=O)c23)C1. The van der Waals surface area contributed by atoms with E-state index in [2.05, 4.69) is 54.5 Å². The normalized spacial score (nSPS) is 17.8. The Morgan fingerprint density at radius 2 is 2.15 bits per heavy atom. The number of rotatable bonds is 6. The lowest BCUT2D eigenvalue weighted by Gasteiger charge is -2.17. The number of aromatic nitrogens is 2. The third kappa shape index (κ3) is 3.99. The summed E-state index contributed by atoms with van der Waals surface area (Å²) in [5.41, 5.74) is 2.68. The smallest absolute Gasteiger partial charge is 0.260 e. The van der Waals surface area contributed by atoms with E-state index in [1.54, 1.807) is 11.3 Å².